The predicted octanol–water partition coefficient (Wildman–Crippen LogP) is 2.67. The van der Waals surface area contributed by atoms with Gasteiger partial charge in [0.1, 0.15) is 11.7 Å². The minimum Gasteiger partial charge on any atom is -0.282 e. The Balaban J connectivity index is 1.68. The van der Waals surface area contributed by atoms with Crippen LogP contribution in [-0.4, -0.2) is 32.3 Å². The molecule has 0 saturated carbocycles. The average Bonchev–Trinajstić information content (AvgIpc) is 2.87. The van der Waals surface area contributed by atoms with Gasteiger partial charge in [-0.05, 0) is 44.5 Å². The van der Waals surface area contributed by atoms with Gasteiger partial charge in [0.15, 0.2) is 0 Å². The van der Waals surface area contributed by atoms with E-state index in [1.54, 1.807) is 19.2 Å². The van der Waals surface area contributed by atoms with Crippen LogP contribution >= 0.6 is 0 Å². The minimum atomic E-state index is -0.613. The summed E-state index contributed by atoms with van der Waals surface area (Å²) in [6.07, 6.45) is 1.65. The standard InChI is InChI=1S/C21H20N4O3/c1-13-6-8-17(9-7-13)25-15(3)20(27)24(21(25)28)12-16-11-18(26)23-10-4-5-14(2)19(23)22-16/h4-11,15H,12H2,1-3H3/t15-/m0/s1. The van der Waals surface area contributed by atoms with E-state index in [-0.39, 0.29) is 18.0 Å². The lowest BCUT2D eigenvalue weighted by molar-refractivity contribution is -0.127. The molecule has 3 heterocycles. The first kappa shape index (κ1) is 17.9. The first-order chi connectivity index (χ1) is 13.4. The van der Waals surface area contributed by atoms with E-state index in [2.05, 4.69) is 4.98 Å². The smallest absolute Gasteiger partial charge is 0.282 e. The van der Waals surface area contributed by atoms with Gasteiger partial charge in [0.2, 0.25) is 0 Å². The molecule has 28 heavy (non-hydrogen) atoms. The van der Waals surface area contributed by atoms with Crippen molar-refractivity contribution in [1.29, 1.82) is 0 Å². The molecule has 1 fully saturated rings. The summed E-state index contributed by atoms with van der Waals surface area (Å²) in [6.45, 7) is 5.48. The number of hydrogen-bond acceptors (Lipinski definition) is 4. The number of imide groups is 1. The molecule has 7 heteroatoms. The fraction of sp³-hybridized carbons (Fsp3) is 0.238. The van der Waals surface area contributed by atoms with Crippen molar-refractivity contribution in [2.24, 2.45) is 0 Å². The first-order valence-corrected chi connectivity index (χ1v) is 9.06. The van der Waals surface area contributed by atoms with Crippen LogP contribution in [0, 0.1) is 13.8 Å². The maximum Gasteiger partial charge on any atom is 0.332 e. The van der Waals surface area contributed by atoms with Gasteiger partial charge in [-0.1, -0.05) is 23.8 Å². The Hall–Kier alpha value is -3.48. The summed E-state index contributed by atoms with van der Waals surface area (Å²) in [5, 5.41) is 0. The highest BCUT2D eigenvalue weighted by molar-refractivity contribution is 6.13. The molecular weight excluding hydrogens is 356 g/mol. The Kier molecular flexibility index (Phi) is 4.22. The highest BCUT2D eigenvalue weighted by atomic mass is 16.2. The Morgan fingerprint density at radius 1 is 1.04 bits per heavy atom. The molecule has 0 unspecified atom stereocenters. The summed E-state index contributed by atoms with van der Waals surface area (Å²) in [5.74, 6) is -0.308. The lowest BCUT2D eigenvalue weighted by atomic mass is 10.2. The van der Waals surface area contributed by atoms with E-state index in [1.165, 1.54) is 15.4 Å². The largest absolute Gasteiger partial charge is 0.332 e. The molecule has 1 saturated heterocycles. The molecule has 1 aliphatic rings. The van der Waals surface area contributed by atoms with E-state index in [0.717, 1.165) is 16.0 Å². The predicted molar refractivity (Wildman–Crippen MR) is 105 cm³/mol. The third-order valence-electron chi connectivity index (χ3n) is 5.02. The quantitative estimate of drug-likeness (QED) is 0.659. The summed E-state index contributed by atoms with van der Waals surface area (Å²) >= 11 is 0. The Morgan fingerprint density at radius 3 is 2.46 bits per heavy atom. The minimum absolute atomic E-state index is 0.0373. The number of amides is 3. The van der Waals surface area contributed by atoms with Crippen LogP contribution in [-0.2, 0) is 11.3 Å². The molecule has 0 radical (unpaired) electrons. The number of benzene rings is 1. The second kappa shape index (κ2) is 6.60. The Labute approximate surface area is 161 Å². The van der Waals surface area contributed by atoms with Crippen molar-refractivity contribution in [3.05, 3.63) is 75.8 Å². The number of anilines is 1. The summed E-state index contributed by atoms with van der Waals surface area (Å²) < 4.78 is 1.45. The van der Waals surface area contributed by atoms with Crippen LogP contribution in [0.5, 0.6) is 0 Å². The number of fused-ring (bicyclic) bond motifs is 1. The van der Waals surface area contributed by atoms with Crippen molar-refractivity contribution >= 4 is 23.3 Å². The number of rotatable bonds is 3. The fourth-order valence-electron chi connectivity index (χ4n) is 3.46. The van der Waals surface area contributed by atoms with E-state index in [0.29, 0.717) is 17.0 Å². The zero-order valence-electron chi connectivity index (χ0n) is 15.9. The number of pyridine rings is 1. The lowest BCUT2D eigenvalue weighted by Gasteiger charge is -2.19. The molecule has 142 valence electrons. The molecule has 0 aliphatic carbocycles. The van der Waals surface area contributed by atoms with Gasteiger partial charge in [-0.25, -0.2) is 9.78 Å². The Bertz CT molecular complexity index is 1150. The molecule has 1 aromatic carbocycles. The molecule has 0 spiro atoms. The number of urea groups is 1. The zero-order chi connectivity index (χ0) is 20.0. The van der Waals surface area contributed by atoms with Crippen molar-refractivity contribution in [2.75, 3.05) is 4.90 Å². The van der Waals surface area contributed by atoms with Gasteiger partial charge in [-0.15, -0.1) is 0 Å². The van der Waals surface area contributed by atoms with Crippen molar-refractivity contribution in [2.45, 2.75) is 33.4 Å². The van der Waals surface area contributed by atoms with E-state index < -0.39 is 12.1 Å². The average molecular weight is 376 g/mol. The van der Waals surface area contributed by atoms with Crippen LogP contribution in [0.15, 0.2) is 53.5 Å². The van der Waals surface area contributed by atoms with E-state index in [1.807, 2.05) is 44.2 Å². The van der Waals surface area contributed by atoms with Gasteiger partial charge in [0.05, 0.1) is 12.2 Å². The summed E-state index contributed by atoms with van der Waals surface area (Å²) in [4.78, 5) is 45.2. The summed E-state index contributed by atoms with van der Waals surface area (Å²) in [7, 11) is 0. The molecule has 3 amide bonds. The number of nitrogens with zero attached hydrogens (tertiary/aromatic N) is 4. The molecule has 3 aromatic rings. The fourth-order valence-corrected chi connectivity index (χ4v) is 3.46. The van der Waals surface area contributed by atoms with Gasteiger partial charge in [-0.3, -0.25) is 23.8 Å². The summed E-state index contributed by atoms with van der Waals surface area (Å²) in [5.41, 5.74) is 3.25. The van der Waals surface area contributed by atoms with Crippen LogP contribution in [0.4, 0.5) is 10.5 Å². The van der Waals surface area contributed by atoms with Crippen molar-refractivity contribution in [3.63, 3.8) is 0 Å². The van der Waals surface area contributed by atoms with Crippen LogP contribution in [0.3, 0.4) is 0 Å². The number of hydrogen-bond donors (Lipinski definition) is 0. The third-order valence-corrected chi connectivity index (χ3v) is 5.02. The van der Waals surface area contributed by atoms with E-state index >= 15 is 0 Å². The monoisotopic (exact) mass is 376 g/mol. The number of aryl methyl sites for hydroxylation is 2. The van der Waals surface area contributed by atoms with Crippen molar-refractivity contribution < 1.29 is 9.59 Å². The van der Waals surface area contributed by atoms with E-state index in [4.69, 9.17) is 0 Å². The number of carbonyl (C=O) groups excluding carboxylic acids is 2. The highest BCUT2D eigenvalue weighted by Crippen LogP contribution is 2.27. The molecule has 0 N–H and O–H groups in total. The number of aromatic nitrogens is 2. The van der Waals surface area contributed by atoms with Gasteiger partial charge in [-0.2, -0.15) is 0 Å². The van der Waals surface area contributed by atoms with Gasteiger partial charge >= 0.3 is 6.03 Å². The third kappa shape index (κ3) is 2.85. The Morgan fingerprint density at radius 2 is 1.75 bits per heavy atom. The highest BCUT2D eigenvalue weighted by Gasteiger charge is 2.43. The number of carbonyl (C=O) groups is 2. The van der Waals surface area contributed by atoms with Crippen LogP contribution in [0.1, 0.15) is 23.7 Å². The molecule has 1 aliphatic heterocycles. The topological polar surface area (TPSA) is 75.0 Å². The molecule has 1 atom stereocenters. The molecular formula is C21H20N4O3. The molecule has 0 bridgehead atoms. The van der Waals surface area contributed by atoms with Crippen LogP contribution < -0.4 is 10.5 Å². The normalized spacial score (nSPS) is 17.0. The van der Waals surface area contributed by atoms with Gasteiger partial charge in [0, 0.05) is 18.0 Å². The van der Waals surface area contributed by atoms with Gasteiger partial charge < -0.3 is 0 Å². The van der Waals surface area contributed by atoms with Crippen molar-refractivity contribution in [1.82, 2.24) is 14.3 Å². The first-order valence-electron chi connectivity index (χ1n) is 9.06. The van der Waals surface area contributed by atoms with Gasteiger partial charge in [0.25, 0.3) is 11.5 Å². The van der Waals surface area contributed by atoms with Crippen LogP contribution in [0.25, 0.3) is 5.65 Å². The maximum absolute atomic E-state index is 13.0. The second-order valence-electron chi connectivity index (χ2n) is 7.06. The zero-order valence-corrected chi connectivity index (χ0v) is 15.9. The molecule has 2 aromatic heterocycles. The lowest BCUT2D eigenvalue weighted by Crippen LogP contribution is -2.34. The SMILES string of the molecule is Cc1ccc(N2C(=O)N(Cc3cc(=O)n4cccc(C)c4n3)C(=O)[C@@H]2C)cc1. The molecule has 7 nitrogen and oxygen atoms in total. The summed E-state index contributed by atoms with van der Waals surface area (Å²) in [6, 6.07) is 11.4. The van der Waals surface area contributed by atoms with E-state index in [9.17, 15) is 14.4 Å². The van der Waals surface area contributed by atoms with Crippen LogP contribution in [0.2, 0.25) is 0 Å². The maximum atomic E-state index is 13.0. The molecule has 4 rings (SSSR count). The second-order valence-corrected chi connectivity index (χ2v) is 7.06. The van der Waals surface area contributed by atoms with Crippen molar-refractivity contribution in [3.8, 4) is 0 Å².